The molecule has 0 bridgehead atoms. The van der Waals surface area contributed by atoms with E-state index < -0.39 is 35.2 Å². The quantitative estimate of drug-likeness (QED) is 0.458. The molecule has 0 aromatic heterocycles. The lowest BCUT2D eigenvalue weighted by atomic mass is 9.76. The molecule has 4 atom stereocenters. The van der Waals surface area contributed by atoms with Crippen molar-refractivity contribution in [2.45, 2.75) is 37.8 Å². The number of nitrogens with zero attached hydrogens (tertiary/aromatic N) is 1. The zero-order valence-electron chi connectivity index (χ0n) is 21.0. The highest BCUT2D eigenvalue weighted by Gasteiger charge is 2.70. The fourth-order valence-electron chi connectivity index (χ4n) is 6.02. The Morgan fingerprint density at radius 2 is 1.81 bits per heavy atom. The van der Waals surface area contributed by atoms with Crippen LogP contribution >= 0.6 is 0 Å². The first-order chi connectivity index (χ1) is 17.7. The molecule has 2 aromatic rings. The van der Waals surface area contributed by atoms with Crippen molar-refractivity contribution in [3.63, 3.8) is 0 Å². The molecule has 2 fully saturated rings. The summed E-state index contributed by atoms with van der Waals surface area (Å²) in [6.07, 6.45) is 0.688. The van der Waals surface area contributed by atoms with E-state index in [1.165, 1.54) is 4.90 Å². The Kier molecular flexibility index (Phi) is 6.15. The highest BCUT2D eigenvalue weighted by Crippen LogP contribution is 2.53. The second-order valence-corrected chi connectivity index (χ2v) is 9.84. The summed E-state index contributed by atoms with van der Waals surface area (Å²) >= 11 is 0. The average Bonchev–Trinajstić information content (AvgIpc) is 3.45. The van der Waals surface area contributed by atoms with Crippen LogP contribution in [0.3, 0.4) is 0 Å². The van der Waals surface area contributed by atoms with E-state index in [9.17, 15) is 19.2 Å². The molecule has 0 radical (unpaired) electrons. The van der Waals surface area contributed by atoms with Crippen LogP contribution in [-0.4, -0.2) is 55.3 Å². The number of aryl methyl sites for hydroxylation is 1. The standard InChI is InChI=1S/C27H30N4O6/c1-14-4-6-17-16(12-14)27(26(35)29-17)23-22(18(30-27)7-9-21(28)32)24(33)31(25(23)34)11-10-15-5-8-19(36-2)20(13-15)37-3/h4-6,8,12-13,18,22-23,30H,7,9-11H2,1-3H3,(H2,28,32)(H,29,35)/t18-,22+,23+,27+/m0/s1. The highest BCUT2D eigenvalue weighted by atomic mass is 16.5. The SMILES string of the molecule is COc1ccc(CCN2C(=O)[C@@H]3[C@H](CCC(N)=O)N[C@@]4(C(=O)Nc5ccc(C)cc54)[C@H]3C2=O)cc1OC. The number of benzene rings is 2. The number of anilines is 1. The molecule has 0 saturated carbocycles. The van der Waals surface area contributed by atoms with Crippen molar-refractivity contribution in [2.75, 3.05) is 26.1 Å². The number of carbonyl (C=O) groups is 4. The predicted octanol–water partition coefficient (Wildman–Crippen LogP) is 1.24. The molecule has 10 heteroatoms. The Morgan fingerprint density at radius 1 is 1.05 bits per heavy atom. The van der Waals surface area contributed by atoms with Crippen LogP contribution in [0, 0.1) is 18.8 Å². The van der Waals surface area contributed by atoms with Crippen molar-refractivity contribution < 1.29 is 28.7 Å². The van der Waals surface area contributed by atoms with Crippen molar-refractivity contribution in [3.05, 3.63) is 53.1 Å². The van der Waals surface area contributed by atoms with E-state index in [1.807, 2.05) is 31.2 Å². The number of primary amides is 1. The van der Waals surface area contributed by atoms with Gasteiger partial charge in [0.15, 0.2) is 11.5 Å². The van der Waals surface area contributed by atoms with Gasteiger partial charge < -0.3 is 20.5 Å². The molecule has 2 saturated heterocycles. The van der Waals surface area contributed by atoms with Crippen molar-refractivity contribution in [1.82, 2.24) is 10.2 Å². The molecule has 5 rings (SSSR count). The molecule has 10 nitrogen and oxygen atoms in total. The third-order valence-corrected chi connectivity index (χ3v) is 7.74. The fraction of sp³-hybridized carbons (Fsp3) is 0.407. The van der Waals surface area contributed by atoms with Gasteiger partial charge in [0.1, 0.15) is 5.54 Å². The monoisotopic (exact) mass is 506 g/mol. The van der Waals surface area contributed by atoms with E-state index in [0.29, 0.717) is 29.2 Å². The van der Waals surface area contributed by atoms with Crippen molar-refractivity contribution >= 4 is 29.3 Å². The van der Waals surface area contributed by atoms with Crippen molar-refractivity contribution in [2.24, 2.45) is 17.6 Å². The third-order valence-electron chi connectivity index (χ3n) is 7.74. The first-order valence-electron chi connectivity index (χ1n) is 12.3. The third kappa shape index (κ3) is 3.83. The van der Waals surface area contributed by atoms with E-state index in [0.717, 1.165) is 11.1 Å². The zero-order chi connectivity index (χ0) is 26.5. The number of fused-ring (bicyclic) bond motifs is 4. The smallest absolute Gasteiger partial charge is 0.250 e. The van der Waals surface area contributed by atoms with Gasteiger partial charge in [-0.1, -0.05) is 23.8 Å². The summed E-state index contributed by atoms with van der Waals surface area (Å²) in [7, 11) is 3.09. The molecule has 0 aliphatic carbocycles. The Morgan fingerprint density at radius 3 is 2.51 bits per heavy atom. The molecule has 0 unspecified atom stereocenters. The summed E-state index contributed by atoms with van der Waals surface area (Å²) in [5.74, 6) is -2.18. The van der Waals surface area contributed by atoms with Gasteiger partial charge in [-0.15, -0.1) is 0 Å². The normalized spacial score (nSPS) is 25.9. The largest absolute Gasteiger partial charge is 0.493 e. The Hall–Kier alpha value is -3.92. The van der Waals surface area contributed by atoms with Crippen LogP contribution in [0.5, 0.6) is 11.5 Å². The summed E-state index contributed by atoms with van der Waals surface area (Å²) < 4.78 is 10.7. The van der Waals surface area contributed by atoms with Gasteiger partial charge in [0.2, 0.25) is 23.6 Å². The molecule has 1 spiro atoms. The van der Waals surface area contributed by atoms with Gasteiger partial charge in [0.05, 0.1) is 26.1 Å². The minimum atomic E-state index is -1.39. The number of carbonyl (C=O) groups excluding carboxylic acids is 4. The Labute approximate surface area is 214 Å². The van der Waals surface area contributed by atoms with Gasteiger partial charge in [0, 0.05) is 30.3 Å². The topological polar surface area (TPSA) is 140 Å². The van der Waals surface area contributed by atoms with Crippen LogP contribution in [0.15, 0.2) is 36.4 Å². The maximum atomic E-state index is 13.9. The number of likely N-dealkylation sites (tertiary alicyclic amines) is 1. The fourth-order valence-corrected chi connectivity index (χ4v) is 6.02. The molecule has 37 heavy (non-hydrogen) atoms. The van der Waals surface area contributed by atoms with Crippen LogP contribution in [0.1, 0.15) is 29.5 Å². The Bertz CT molecular complexity index is 1310. The van der Waals surface area contributed by atoms with E-state index >= 15 is 0 Å². The van der Waals surface area contributed by atoms with Crippen molar-refractivity contribution in [3.8, 4) is 11.5 Å². The van der Waals surface area contributed by atoms with Gasteiger partial charge >= 0.3 is 0 Å². The molecule has 4 amide bonds. The van der Waals surface area contributed by atoms with Gasteiger partial charge in [0.25, 0.3) is 0 Å². The summed E-state index contributed by atoms with van der Waals surface area (Å²) in [6, 6.07) is 10.4. The van der Waals surface area contributed by atoms with Gasteiger partial charge in [-0.25, -0.2) is 0 Å². The van der Waals surface area contributed by atoms with E-state index in [4.69, 9.17) is 15.2 Å². The van der Waals surface area contributed by atoms with E-state index in [-0.39, 0.29) is 31.2 Å². The van der Waals surface area contributed by atoms with Crippen LogP contribution in [0.2, 0.25) is 0 Å². The minimum absolute atomic E-state index is 0.0341. The molecule has 3 aliphatic rings. The van der Waals surface area contributed by atoms with Gasteiger partial charge in [-0.3, -0.25) is 29.4 Å². The summed E-state index contributed by atoms with van der Waals surface area (Å²) in [6.45, 7) is 2.06. The summed E-state index contributed by atoms with van der Waals surface area (Å²) in [5, 5.41) is 6.21. The number of nitrogens with one attached hydrogen (secondary N) is 2. The molecular formula is C27H30N4O6. The Balaban J connectivity index is 1.48. The zero-order valence-corrected chi connectivity index (χ0v) is 21.0. The number of hydrogen-bond acceptors (Lipinski definition) is 7. The molecule has 4 N–H and O–H groups in total. The van der Waals surface area contributed by atoms with Crippen LogP contribution < -0.4 is 25.8 Å². The van der Waals surface area contributed by atoms with Crippen LogP contribution in [0.25, 0.3) is 0 Å². The van der Waals surface area contributed by atoms with E-state index in [2.05, 4.69) is 10.6 Å². The van der Waals surface area contributed by atoms with Gasteiger partial charge in [-0.2, -0.15) is 0 Å². The number of ether oxygens (including phenoxy) is 2. The van der Waals surface area contributed by atoms with Crippen LogP contribution in [-0.2, 0) is 31.1 Å². The first-order valence-corrected chi connectivity index (χ1v) is 12.3. The molecule has 3 aliphatic heterocycles. The van der Waals surface area contributed by atoms with Gasteiger partial charge in [-0.05, 0) is 43.5 Å². The first kappa shape index (κ1) is 24.8. The number of amides is 4. The highest BCUT2D eigenvalue weighted by molar-refractivity contribution is 6.15. The summed E-state index contributed by atoms with van der Waals surface area (Å²) in [4.78, 5) is 53.9. The molecular weight excluding hydrogens is 476 g/mol. The molecule has 194 valence electrons. The minimum Gasteiger partial charge on any atom is -0.493 e. The predicted molar refractivity (Wildman–Crippen MR) is 134 cm³/mol. The lowest BCUT2D eigenvalue weighted by Gasteiger charge is -2.29. The number of nitrogens with two attached hydrogens (primary N) is 1. The maximum Gasteiger partial charge on any atom is 0.250 e. The summed E-state index contributed by atoms with van der Waals surface area (Å²) in [5.41, 5.74) is 7.06. The molecule has 3 heterocycles. The lowest BCUT2D eigenvalue weighted by Crippen LogP contribution is -2.53. The average molecular weight is 507 g/mol. The molecule has 2 aromatic carbocycles. The number of methoxy groups -OCH3 is 2. The number of imide groups is 1. The van der Waals surface area contributed by atoms with Crippen molar-refractivity contribution in [1.29, 1.82) is 0 Å². The van der Waals surface area contributed by atoms with Crippen LogP contribution in [0.4, 0.5) is 5.69 Å². The van der Waals surface area contributed by atoms with E-state index in [1.54, 1.807) is 26.4 Å². The number of rotatable bonds is 8. The number of hydrogen-bond donors (Lipinski definition) is 3. The lowest BCUT2D eigenvalue weighted by molar-refractivity contribution is -0.142. The second kappa shape index (κ2) is 9.19. The second-order valence-electron chi connectivity index (χ2n) is 9.84. The maximum absolute atomic E-state index is 13.9.